The molecule has 0 spiro atoms. The fourth-order valence-electron chi connectivity index (χ4n) is 4.55. The zero-order chi connectivity index (χ0) is 26.9. The first-order valence-electron chi connectivity index (χ1n) is 12.2. The van der Waals surface area contributed by atoms with Gasteiger partial charge in [0.25, 0.3) is 11.8 Å². The van der Waals surface area contributed by atoms with Crippen LogP contribution in [0, 0.1) is 0 Å². The summed E-state index contributed by atoms with van der Waals surface area (Å²) in [7, 11) is 3.09. The van der Waals surface area contributed by atoms with E-state index in [9.17, 15) is 9.59 Å². The number of anilines is 2. The van der Waals surface area contributed by atoms with Crippen LogP contribution in [0.3, 0.4) is 0 Å². The van der Waals surface area contributed by atoms with Gasteiger partial charge in [-0.1, -0.05) is 59.9 Å². The van der Waals surface area contributed by atoms with E-state index in [0.29, 0.717) is 39.0 Å². The second-order valence-electron chi connectivity index (χ2n) is 8.91. The monoisotopic (exact) mass is 533 g/mol. The van der Waals surface area contributed by atoms with Crippen LogP contribution in [-0.2, 0) is 0 Å². The van der Waals surface area contributed by atoms with Crippen LogP contribution >= 0.6 is 11.3 Å². The second kappa shape index (κ2) is 10.1. The van der Waals surface area contributed by atoms with Gasteiger partial charge in [0.05, 0.1) is 35.6 Å². The highest BCUT2D eigenvalue weighted by Gasteiger charge is 2.17. The summed E-state index contributed by atoms with van der Waals surface area (Å²) >= 11 is 1.32. The topological polar surface area (TPSA) is 89.5 Å². The number of thiazole rings is 1. The first-order valence-corrected chi connectivity index (χ1v) is 13.0. The maximum Gasteiger partial charge on any atom is 0.261 e. The summed E-state index contributed by atoms with van der Waals surface area (Å²) in [5, 5.41) is 10.2. The Labute approximate surface area is 228 Å². The van der Waals surface area contributed by atoms with E-state index < -0.39 is 0 Å². The van der Waals surface area contributed by atoms with Gasteiger partial charge in [-0.3, -0.25) is 14.9 Å². The lowest BCUT2D eigenvalue weighted by atomic mass is 10.1. The molecule has 0 aliphatic heterocycles. The normalized spacial score (nSPS) is 11.0. The molecule has 0 bridgehead atoms. The highest BCUT2D eigenvalue weighted by Crippen LogP contribution is 2.32. The molecule has 192 valence electrons. The van der Waals surface area contributed by atoms with Gasteiger partial charge >= 0.3 is 0 Å². The van der Waals surface area contributed by atoms with Crippen molar-refractivity contribution in [3.05, 3.63) is 102 Å². The summed E-state index contributed by atoms with van der Waals surface area (Å²) in [6.45, 7) is 0. The Morgan fingerprint density at radius 3 is 1.72 bits per heavy atom. The first kappa shape index (κ1) is 24.4. The van der Waals surface area contributed by atoms with E-state index in [-0.39, 0.29) is 11.8 Å². The molecule has 0 aliphatic rings. The number of rotatable bonds is 6. The number of nitrogens with zero attached hydrogens (tertiary/aromatic N) is 1. The van der Waals surface area contributed by atoms with Crippen LogP contribution in [0.2, 0.25) is 0 Å². The third-order valence-electron chi connectivity index (χ3n) is 6.49. The Balaban J connectivity index is 1.24. The predicted octanol–water partition coefficient (Wildman–Crippen LogP) is 7.12. The van der Waals surface area contributed by atoms with Crippen LogP contribution in [-0.4, -0.2) is 31.0 Å². The molecule has 1 heterocycles. The van der Waals surface area contributed by atoms with Gasteiger partial charge in [-0.2, -0.15) is 0 Å². The molecule has 6 rings (SSSR count). The van der Waals surface area contributed by atoms with E-state index in [2.05, 4.69) is 15.6 Å². The van der Waals surface area contributed by atoms with E-state index in [4.69, 9.17) is 9.47 Å². The quantitative estimate of drug-likeness (QED) is 0.238. The number of aromatic nitrogens is 1. The molecule has 2 N–H and O–H groups in total. The lowest BCUT2D eigenvalue weighted by Gasteiger charge is -2.11. The first-order chi connectivity index (χ1) is 19.0. The van der Waals surface area contributed by atoms with Gasteiger partial charge in [0.15, 0.2) is 5.13 Å². The zero-order valence-electron chi connectivity index (χ0n) is 21.1. The highest BCUT2D eigenvalue weighted by atomic mass is 32.1. The summed E-state index contributed by atoms with van der Waals surface area (Å²) in [5.74, 6) is 0.396. The Kier molecular flexibility index (Phi) is 6.30. The molecular weight excluding hydrogens is 510 g/mol. The van der Waals surface area contributed by atoms with Gasteiger partial charge in [-0.25, -0.2) is 4.98 Å². The van der Waals surface area contributed by atoms with E-state index in [1.807, 2.05) is 84.9 Å². The van der Waals surface area contributed by atoms with E-state index in [1.54, 1.807) is 20.3 Å². The lowest BCUT2D eigenvalue weighted by molar-refractivity contribution is 0.101. The van der Waals surface area contributed by atoms with Crippen molar-refractivity contribution in [2.45, 2.75) is 0 Å². The standard InChI is InChI=1S/C31H23N3O4S/c1-37-26-15-20-9-5-3-7-18(20)13-23(26)29(35)32-22-11-12-25-28(17-22)39-31(33-25)34-30(36)24-14-19-8-4-6-10-21(19)16-27(24)38-2/h3-17H,1-2H3,(H,32,35)(H,33,34,36). The number of methoxy groups -OCH3 is 2. The van der Waals surface area contributed by atoms with Crippen LogP contribution in [0.15, 0.2) is 91.0 Å². The molecule has 0 atom stereocenters. The molecule has 8 heteroatoms. The minimum Gasteiger partial charge on any atom is -0.496 e. The van der Waals surface area contributed by atoms with E-state index >= 15 is 0 Å². The van der Waals surface area contributed by atoms with Crippen LogP contribution in [0.4, 0.5) is 10.8 Å². The van der Waals surface area contributed by atoms with Gasteiger partial charge in [-0.15, -0.1) is 0 Å². The number of hydrogen-bond donors (Lipinski definition) is 2. The van der Waals surface area contributed by atoms with Crippen molar-refractivity contribution in [3.63, 3.8) is 0 Å². The third kappa shape index (κ3) is 4.73. The summed E-state index contributed by atoms with van der Waals surface area (Å²) < 4.78 is 11.8. The highest BCUT2D eigenvalue weighted by molar-refractivity contribution is 7.22. The Morgan fingerprint density at radius 2 is 1.18 bits per heavy atom. The molecule has 0 fully saturated rings. The average molecular weight is 534 g/mol. The molecule has 7 nitrogen and oxygen atoms in total. The molecule has 0 unspecified atom stereocenters. The number of carbonyl (C=O) groups excluding carboxylic acids is 2. The SMILES string of the molecule is COc1cc2ccccc2cc1C(=O)Nc1ccc2nc(NC(=O)c3cc4ccccc4cc3OC)sc2c1. The van der Waals surface area contributed by atoms with Gasteiger partial charge in [0.1, 0.15) is 11.5 Å². The molecule has 1 aromatic heterocycles. The van der Waals surface area contributed by atoms with Crippen molar-refractivity contribution in [1.29, 1.82) is 0 Å². The minimum atomic E-state index is -0.311. The molecule has 0 saturated heterocycles. The smallest absolute Gasteiger partial charge is 0.261 e. The third-order valence-corrected chi connectivity index (χ3v) is 7.43. The summed E-state index contributed by atoms with van der Waals surface area (Å²) in [6.07, 6.45) is 0. The number of ether oxygens (including phenoxy) is 2. The lowest BCUT2D eigenvalue weighted by Crippen LogP contribution is -2.13. The molecule has 0 aliphatic carbocycles. The number of carbonyl (C=O) groups is 2. The Hall–Kier alpha value is -4.95. The van der Waals surface area contributed by atoms with Gasteiger partial charge in [0.2, 0.25) is 0 Å². The van der Waals surface area contributed by atoms with Crippen molar-refractivity contribution < 1.29 is 19.1 Å². The fraction of sp³-hybridized carbons (Fsp3) is 0.0645. The summed E-state index contributed by atoms with van der Waals surface area (Å²) in [4.78, 5) is 30.9. The molecule has 0 radical (unpaired) electrons. The van der Waals surface area contributed by atoms with Gasteiger partial charge < -0.3 is 14.8 Å². The van der Waals surface area contributed by atoms with Gasteiger partial charge in [-0.05, 0) is 64.0 Å². The molecular formula is C31H23N3O4S. The Morgan fingerprint density at radius 1 is 0.667 bits per heavy atom. The van der Waals surface area contributed by atoms with Crippen molar-refractivity contribution in [3.8, 4) is 11.5 Å². The van der Waals surface area contributed by atoms with Crippen molar-refractivity contribution in [2.75, 3.05) is 24.9 Å². The molecule has 39 heavy (non-hydrogen) atoms. The van der Waals surface area contributed by atoms with Crippen LogP contribution in [0.1, 0.15) is 20.7 Å². The van der Waals surface area contributed by atoms with Crippen LogP contribution < -0.4 is 20.1 Å². The fourth-order valence-corrected chi connectivity index (χ4v) is 5.45. The van der Waals surface area contributed by atoms with E-state index in [0.717, 1.165) is 26.2 Å². The number of nitrogens with one attached hydrogen (secondary N) is 2. The maximum absolute atomic E-state index is 13.2. The molecule has 2 amide bonds. The molecule has 0 saturated carbocycles. The van der Waals surface area contributed by atoms with Crippen LogP contribution in [0.5, 0.6) is 11.5 Å². The number of fused-ring (bicyclic) bond motifs is 3. The van der Waals surface area contributed by atoms with Crippen molar-refractivity contribution in [2.24, 2.45) is 0 Å². The second-order valence-corrected chi connectivity index (χ2v) is 9.94. The largest absolute Gasteiger partial charge is 0.496 e. The van der Waals surface area contributed by atoms with Crippen molar-refractivity contribution in [1.82, 2.24) is 4.98 Å². The molecule has 5 aromatic carbocycles. The number of benzene rings is 5. The predicted molar refractivity (Wildman–Crippen MR) is 157 cm³/mol. The minimum absolute atomic E-state index is 0.279. The van der Waals surface area contributed by atoms with Gasteiger partial charge in [0, 0.05) is 5.69 Å². The van der Waals surface area contributed by atoms with Crippen molar-refractivity contribution >= 4 is 65.7 Å². The average Bonchev–Trinajstić information content (AvgIpc) is 3.37. The summed E-state index contributed by atoms with van der Waals surface area (Å²) in [6, 6.07) is 28.4. The maximum atomic E-state index is 13.2. The Bertz CT molecular complexity index is 1800. The van der Waals surface area contributed by atoms with E-state index in [1.165, 1.54) is 11.3 Å². The molecule has 6 aromatic rings. The number of amides is 2. The van der Waals surface area contributed by atoms with Crippen LogP contribution in [0.25, 0.3) is 31.8 Å². The number of hydrogen-bond acceptors (Lipinski definition) is 6. The zero-order valence-corrected chi connectivity index (χ0v) is 22.0. The summed E-state index contributed by atoms with van der Waals surface area (Å²) in [5.41, 5.74) is 2.19.